The van der Waals surface area contributed by atoms with E-state index in [1.54, 1.807) is 22.7 Å². The second-order valence-electron chi connectivity index (χ2n) is 7.94. The van der Waals surface area contributed by atoms with Gasteiger partial charge < -0.3 is 0 Å². The van der Waals surface area contributed by atoms with Gasteiger partial charge in [0.05, 0.1) is 18.8 Å². The van der Waals surface area contributed by atoms with Crippen molar-refractivity contribution in [2.45, 2.75) is 65.2 Å². The third-order valence-corrected chi connectivity index (χ3v) is 10.8. The number of rotatable bonds is 8. The van der Waals surface area contributed by atoms with Crippen LogP contribution in [0.15, 0.2) is 12.1 Å². The zero-order chi connectivity index (χ0) is 20.8. The number of benzene rings is 1. The Balaban J connectivity index is 1.69. The Morgan fingerprint density at radius 2 is 1.03 bits per heavy atom. The molecule has 6 heteroatoms. The van der Waals surface area contributed by atoms with E-state index >= 15 is 0 Å². The predicted octanol–water partition coefficient (Wildman–Crippen LogP) is 10.3. The lowest BCUT2D eigenvalue weighted by atomic mass is 10.1. The van der Waals surface area contributed by atoms with Crippen LogP contribution < -0.4 is 0 Å². The first-order valence-electron chi connectivity index (χ1n) is 10.8. The van der Waals surface area contributed by atoms with Crippen molar-refractivity contribution in [3.05, 3.63) is 32.1 Å². The van der Waals surface area contributed by atoms with Gasteiger partial charge in [0.15, 0.2) is 10.3 Å². The van der Waals surface area contributed by atoms with Gasteiger partial charge in [-0.05, 0) is 25.7 Å². The highest BCUT2D eigenvalue weighted by atomic mass is 32.1. The number of aryl methyl sites for hydroxylation is 2. The minimum absolute atomic E-state index is 0.0601. The van der Waals surface area contributed by atoms with Crippen LogP contribution in [0.2, 0.25) is 0 Å². The highest BCUT2D eigenvalue weighted by molar-refractivity contribution is 7.35. The van der Waals surface area contributed by atoms with Crippen LogP contribution in [0, 0.1) is 10.3 Å². The van der Waals surface area contributed by atoms with Gasteiger partial charge in [0.25, 0.3) is 0 Å². The van der Waals surface area contributed by atoms with E-state index in [9.17, 15) is 8.78 Å². The number of thiophene rings is 4. The molecule has 0 spiro atoms. The summed E-state index contributed by atoms with van der Waals surface area (Å²) in [4.78, 5) is 2.34. The number of fused-ring (bicyclic) bond motifs is 7. The van der Waals surface area contributed by atoms with E-state index in [2.05, 4.69) is 26.0 Å². The van der Waals surface area contributed by atoms with Crippen molar-refractivity contribution in [1.82, 2.24) is 0 Å². The Morgan fingerprint density at radius 3 is 1.43 bits per heavy atom. The molecule has 0 saturated heterocycles. The molecule has 0 aliphatic heterocycles. The molecule has 0 N–H and O–H groups in total. The molecule has 4 heterocycles. The largest absolute Gasteiger partial charge is 0.194 e. The normalized spacial score (nSPS) is 12.4. The van der Waals surface area contributed by atoms with Crippen LogP contribution in [0.4, 0.5) is 8.78 Å². The summed E-state index contributed by atoms with van der Waals surface area (Å²) >= 11 is 5.75. The summed E-state index contributed by atoms with van der Waals surface area (Å²) < 4.78 is 33.4. The number of halogens is 2. The van der Waals surface area contributed by atoms with Gasteiger partial charge in [-0.15, -0.1) is 45.3 Å². The third kappa shape index (κ3) is 3.31. The van der Waals surface area contributed by atoms with Crippen LogP contribution >= 0.6 is 45.3 Å². The number of hydrogen-bond acceptors (Lipinski definition) is 4. The first-order valence-corrected chi connectivity index (χ1v) is 14.1. The molecule has 0 fully saturated rings. The van der Waals surface area contributed by atoms with Gasteiger partial charge in [-0.25, -0.2) is 0 Å². The van der Waals surface area contributed by atoms with E-state index in [0.717, 1.165) is 66.0 Å². The van der Waals surface area contributed by atoms with Crippen molar-refractivity contribution in [2.24, 2.45) is 0 Å². The van der Waals surface area contributed by atoms with Crippen molar-refractivity contribution in [3.8, 4) is 0 Å². The Bertz CT molecular complexity index is 1240. The van der Waals surface area contributed by atoms with Crippen molar-refractivity contribution >= 4 is 85.7 Å². The molecule has 5 aromatic rings. The predicted molar refractivity (Wildman–Crippen MR) is 134 cm³/mol. The van der Waals surface area contributed by atoms with Gasteiger partial charge >= 0.3 is 0 Å². The lowest BCUT2D eigenvalue weighted by Gasteiger charge is -2.00. The Morgan fingerprint density at radius 1 is 0.600 bits per heavy atom. The van der Waals surface area contributed by atoms with Crippen molar-refractivity contribution in [1.29, 1.82) is 0 Å². The zero-order valence-corrected chi connectivity index (χ0v) is 20.5. The Kier molecular flexibility index (Phi) is 5.86. The molecular weight excluding hydrogens is 455 g/mol. The molecular formula is C24H24F2S4. The molecule has 0 aliphatic carbocycles. The van der Waals surface area contributed by atoms with Gasteiger partial charge in [-0.1, -0.05) is 51.7 Å². The molecule has 0 nitrogen and oxygen atoms in total. The highest BCUT2D eigenvalue weighted by Crippen LogP contribution is 2.50. The van der Waals surface area contributed by atoms with Crippen LogP contribution in [0.25, 0.3) is 40.3 Å². The van der Waals surface area contributed by atoms with E-state index in [-0.39, 0.29) is 10.3 Å². The molecule has 0 bridgehead atoms. The van der Waals surface area contributed by atoms with Crippen LogP contribution in [0.1, 0.15) is 62.1 Å². The zero-order valence-electron chi connectivity index (χ0n) is 17.2. The van der Waals surface area contributed by atoms with Crippen LogP contribution in [-0.2, 0) is 12.8 Å². The van der Waals surface area contributed by atoms with Crippen LogP contribution in [-0.4, -0.2) is 0 Å². The fourth-order valence-corrected chi connectivity index (χ4v) is 9.40. The molecule has 5 rings (SSSR count). The summed E-state index contributed by atoms with van der Waals surface area (Å²) in [5.41, 5.74) is 0. The number of hydrogen-bond donors (Lipinski definition) is 0. The van der Waals surface area contributed by atoms with E-state index in [1.807, 2.05) is 0 Å². The second-order valence-corrected chi connectivity index (χ2v) is 12.1. The van der Waals surface area contributed by atoms with Crippen molar-refractivity contribution in [2.75, 3.05) is 0 Å². The van der Waals surface area contributed by atoms with Crippen molar-refractivity contribution in [3.63, 3.8) is 0 Å². The summed E-state index contributed by atoms with van der Waals surface area (Å²) in [7, 11) is 0. The van der Waals surface area contributed by atoms with E-state index in [0.29, 0.717) is 0 Å². The lowest BCUT2D eigenvalue weighted by molar-refractivity contribution is 0.669. The lowest BCUT2D eigenvalue weighted by Crippen LogP contribution is -1.82. The highest BCUT2D eigenvalue weighted by Gasteiger charge is 2.22. The van der Waals surface area contributed by atoms with Crippen LogP contribution in [0.3, 0.4) is 0 Å². The molecule has 0 atom stereocenters. The summed E-state index contributed by atoms with van der Waals surface area (Å²) in [6.07, 6.45) is 8.77. The van der Waals surface area contributed by atoms with Gasteiger partial charge in [-0.2, -0.15) is 8.78 Å². The first-order chi connectivity index (χ1) is 14.6. The Hall–Kier alpha value is -1.08. The van der Waals surface area contributed by atoms with Gasteiger partial charge in [0.2, 0.25) is 0 Å². The molecule has 30 heavy (non-hydrogen) atoms. The summed E-state index contributed by atoms with van der Waals surface area (Å²) in [6, 6.07) is 4.31. The quantitative estimate of drug-likeness (QED) is 0.195. The molecule has 158 valence electrons. The fourth-order valence-electron chi connectivity index (χ4n) is 4.37. The SMILES string of the molecule is CCCCCc1sc(F)c2sc3c(ccc4c3sc3c(F)sc(CCCCC)c34)c12. The smallest absolute Gasteiger partial charge is 0.193 e. The molecule has 0 radical (unpaired) electrons. The maximum absolute atomic E-state index is 14.8. The monoisotopic (exact) mass is 478 g/mol. The van der Waals surface area contributed by atoms with Gasteiger partial charge in [-0.3, -0.25) is 0 Å². The van der Waals surface area contributed by atoms with E-state index in [4.69, 9.17) is 0 Å². The average Bonchev–Trinajstić information content (AvgIpc) is 3.44. The summed E-state index contributed by atoms with van der Waals surface area (Å²) in [6.45, 7) is 4.39. The molecule has 0 amide bonds. The Labute approximate surface area is 191 Å². The molecule has 4 aromatic heterocycles. The third-order valence-electron chi connectivity index (χ3n) is 5.87. The molecule has 0 aliphatic rings. The molecule has 0 saturated carbocycles. The minimum Gasteiger partial charge on any atom is -0.193 e. The first kappa shape index (κ1) is 20.8. The molecule has 0 unspecified atom stereocenters. The summed E-state index contributed by atoms with van der Waals surface area (Å²) in [5.74, 6) is 0. The maximum Gasteiger partial charge on any atom is 0.194 e. The molecule has 1 aromatic carbocycles. The van der Waals surface area contributed by atoms with E-state index < -0.39 is 0 Å². The average molecular weight is 479 g/mol. The summed E-state index contributed by atoms with van der Waals surface area (Å²) in [5, 5.41) is 4.39. The van der Waals surface area contributed by atoms with Gasteiger partial charge in [0, 0.05) is 31.3 Å². The second kappa shape index (κ2) is 8.45. The van der Waals surface area contributed by atoms with Crippen LogP contribution in [0.5, 0.6) is 0 Å². The van der Waals surface area contributed by atoms with Crippen molar-refractivity contribution < 1.29 is 8.78 Å². The topological polar surface area (TPSA) is 0 Å². The minimum atomic E-state index is -0.0601. The number of unbranched alkanes of at least 4 members (excludes halogenated alkanes) is 4. The maximum atomic E-state index is 14.8. The fraction of sp³-hybridized carbons (Fsp3) is 0.417. The van der Waals surface area contributed by atoms with Gasteiger partial charge in [0.1, 0.15) is 0 Å². The standard InChI is InChI=1S/C24H24F2S4/c1-3-5-7-9-15-17-13-11-12-14-18-16(10-8-6-4-2)28-24(26)22(18)30-20(14)19(13)29-21(17)23(25)27-15/h11-12H,3-10H2,1-2H3. The van der Waals surface area contributed by atoms with E-state index in [1.165, 1.54) is 58.1 Å².